The lowest BCUT2D eigenvalue weighted by Crippen LogP contribution is -2.51. The zero-order valence-electron chi connectivity index (χ0n) is 12.9. The number of hydrogen-bond acceptors (Lipinski definition) is 5. The molecule has 0 spiro atoms. The van der Waals surface area contributed by atoms with Crippen LogP contribution in [-0.2, 0) is 14.4 Å². The lowest BCUT2D eigenvalue weighted by Gasteiger charge is -2.25. The smallest absolute Gasteiger partial charge is 0.326 e. The number of rotatable bonds is 8. The fourth-order valence-electron chi connectivity index (χ4n) is 2.48. The van der Waals surface area contributed by atoms with E-state index in [2.05, 4.69) is 10.3 Å². The monoisotopic (exact) mass is 328 g/mol. The van der Waals surface area contributed by atoms with Gasteiger partial charge in [-0.1, -0.05) is 0 Å². The Morgan fingerprint density at radius 3 is 2.61 bits per heavy atom. The molecule has 1 rings (SSSR count). The van der Waals surface area contributed by atoms with E-state index >= 15 is 0 Å². The number of aliphatic imine (C=N–C) groups is 1. The van der Waals surface area contributed by atoms with E-state index in [4.69, 9.17) is 17.2 Å². The molecular weight excluding hydrogens is 304 g/mol. The summed E-state index contributed by atoms with van der Waals surface area (Å²) in [7, 11) is 0. The molecule has 0 aromatic rings. The molecule has 10 heteroatoms. The van der Waals surface area contributed by atoms with E-state index in [1.807, 2.05) is 0 Å². The third-order valence-corrected chi connectivity index (χ3v) is 3.61. The minimum atomic E-state index is -1.14. The van der Waals surface area contributed by atoms with E-state index in [0.717, 1.165) is 0 Å². The highest BCUT2D eigenvalue weighted by molar-refractivity contribution is 5.91. The van der Waals surface area contributed by atoms with Crippen molar-refractivity contribution >= 4 is 23.7 Å². The van der Waals surface area contributed by atoms with Crippen LogP contribution in [-0.4, -0.2) is 65.5 Å². The zero-order valence-corrected chi connectivity index (χ0v) is 12.9. The fraction of sp³-hybridized carbons (Fsp3) is 0.692. The summed E-state index contributed by atoms with van der Waals surface area (Å²) in [6.45, 7) is 0.560. The van der Waals surface area contributed by atoms with Crippen molar-refractivity contribution in [3.05, 3.63) is 0 Å². The van der Waals surface area contributed by atoms with Crippen molar-refractivity contribution in [1.29, 1.82) is 0 Å². The Morgan fingerprint density at radius 1 is 1.35 bits per heavy atom. The van der Waals surface area contributed by atoms with E-state index in [0.29, 0.717) is 25.8 Å². The van der Waals surface area contributed by atoms with Crippen LogP contribution in [0, 0.1) is 0 Å². The number of hydrogen-bond donors (Lipinski definition) is 5. The number of nitrogens with one attached hydrogen (secondary N) is 1. The third-order valence-electron chi connectivity index (χ3n) is 3.61. The molecule has 1 heterocycles. The van der Waals surface area contributed by atoms with Crippen LogP contribution < -0.4 is 22.5 Å². The topological polar surface area (TPSA) is 177 Å². The standard InChI is InChI=1S/C13H24N6O4/c14-7-10(20)19-6-2-4-9(19)11(21)18-8(12(22)23)3-1-5-17-13(15)16/h8-9H,1-7,14H2,(H,18,21)(H,22,23)(H4,15,16,17)/t8-,9+/m1/s1. The van der Waals surface area contributed by atoms with Gasteiger partial charge in [0.1, 0.15) is 12.1 Å². The predicted octanol–water partition coefficient (Wildman–Crippen LogP) is -2.44. The van der Waals surface area contributed by atoms with E-state index in [1.165, 1.54) is 4.90 Å². The van der Waals surface area contributed by atoms with Crippen LogP contribution in [0.4, 0.5) is 0 Å². The van der Waals surface area contributed by atoms with E-state index < -0.39 is 24.0 Å². The largest absolute Gasteiger partial charge is 0.480 e. The molecule has 10 nitrogen and oxygen atoms in total. The lowest BCUT2D eigenvalue weighted by atomic mass is 10.1. The zero-order chi connectivity index (χ0) is 17.4. The highest BCUT2D eigenvalue weighted by Crippen LogP contribution is 2.17. The number of amides is 2. The number of nitrogens with zero attached hydrogens (tertiary/aromatic N) is 2. The van der Waals surface area contributed by atoms with Gasteiger partial charge in [0.2, 0.25) is 11.8 Å². The first-order valence-electron chi connectivity index (χ1n) is 7.45. The van der Waals surface area contributed by atoms with Crippen LogP contribution in [0.25, 0.3) is 0 Å². The molecule has 1 aliphatic heterocycles. The number of carbonyl (C=O) groups excluding carboxylic acids is 2. The summed E-state index contributed by atoms with van der Waals surface area (Å²) < 4.78 is 0. The molecule has 0 bridgehead atoms. The fourth-order valence-corrected chi connectivity index (χ4v) is 2.48. The first-order chi connectivity index (χ1) is 10.9. The Hall–Kier alpha value is -2.36. The van der Waals surface area contributed by atoms with Gasteiger partial charge in [0.25, 0.3) is 0 Å². The lowest BCUT2D eigenvalue weighted by molar-refractivity contribution is -0.143. The second-order valence-electron chi connectivity index (χ2n) is 5.30. The summed E-state index contributed by atoms with van der Waals surface area (Å²) in [5.74, 6) is -2.00. The quantitative estimate of drug-likeness (QED) is 0.186. The SMILES string of the molecule is NCC(=O)N1CCC[C@H]1C(=O)N[C@H](CCCN=C(N)N)C(=O)O. The molecule has 1 aliphatic rings. The van der Waals surface area contributed by atoms with Crippen molar-refractivity contribution in [2.45, 2.75) is 37.8 Å². The first kappa shape index (κ1) is 18.7. The third kappa shape index (κ3) is 5.74. The summed E-state index contributed by atoms with van der Waals surface area (Å²) in [4.78, 5) is 40.3. The van der Waals surface area contributed by atoms with Crippen molar-refractivity contribution in [3.63, 3.8) is 0 Å². The molecule has 1 saturated heterocycles. The maximum atomic E-state index is 12.3. The summed E-state index contributed by atoms with van der Waals surface area (Å²) in [5, 5.41) is 11.7. The molecule has 0 aromatic heterocycles. The van der Waals surface area contributed by atoms with E-state index in [-0.39, 0.29) is 31.4 Å². The Kier molecular flexibility index (Phi) is 7.26. The summed E-state index contributed by atoms with van der Waals surface area (Å²) >= 11 is 0. The minimum absolute atomic E-state index is 0.0668. The van der Waals surface area contributed by atoms with Gasteiger partial charge in [0, 0.05) is 13.1 Å². The molecule has 0 aromatic carbocycles. The predicted molar refractivity (Wildman–Crippen MR) is 83.3 cm³/mol. The first-order valence-corrected chi connectivity index (χ1v) is 7.45. The second-order valence-corrected chi connectivity index (χ2v) is 5.30. The van der Waals surface area contributed by atoms with Crippen molar-refractivity contribution < 1.29 is 19.5 Å². The summed E-state index contributed by atoms with van der Waals surface area (Å²) in [6, 6.07) is -1.71. The van der Waals surface area contributed by atoms with Crippen LogP contribution in [0.2, 0.25) is 0 Å². The van der Waals surface area contributed by atoms with Gasteiger partial charge in [-0.2, -0.15) is 0 Å². The molecule has 0 unspecified atom stereocenters. The number of nitrogens with two attached hydrogens (primary N) is 3. The Morgan fingerprint density at radius 2 is 2.04 bits per heavy atom. The normalized spacial score (nSPS) is 18.3. The Bertz CT molecular complexity index is 477. The van der Waals surface area contributed by atoms with Gasteiger partial charge >= 0.3 is 5.97 Å². The molecule has 130 valence electrons. The maximum absolute atomic E-state index is 12.3. The van der Waals surface area contributed by atoms with Crippen molar-refractivity contribution in [2.75, 3.05) is 19.6 Å². The van der Waals surface area contributed by atoms with Gasteiger partial charge in [-0.15, -0.1) is 0 Å². The molecule has 2 atom stereocenters. The molecular formula is C13H24N6O4. The number of carboxylic acid groups (broad SMARTS) is 1. The van der Waals surface area contributed by atoms with Gasteiger partial charge in [0.05, 0.1) is 6.54 Å². The number of guanidine groups is 1. The number of carbonyl (C=O) groups is 3. The van der Waals surface area contributed by atoms with Gasteiger partial charge in [-0.05, 0) is 25.7 Å². The molecule has 23 heavy (non-hydrogen) atoms. The van der Waals surface area contributed by atoms with Crippen LogP contribution in [0.1, 0.15) is 25.7 Å². The average Bonchev–Trinajstić information content (AvgIpc) is 2.98. The Balaban J connectivity index is 2.58. The summed E-state index contributed by atoms with van der Waals surface area (Å²) in [5.41, 5.74) is 15.7. The molecule has 8 N–H and O–H groups in total. The van der Waals surface area contributed by atoms with Crippen molar-refractivity contribution in [1.82, 2.24) is 10.2 Å². The molecule has 1 fully saturated rings. The number of carboxylic acids is 1. The van der Waals surface area contributed by atoms with Crippen LogP contribution in [0.5, 0.6) is 0 Å². The molecule has 0 saturated carbocycles. The van der Waals surface area contributed by atoms with Gasteiger partial charge in [0.15, 0.2) is 5.96 Å². The van der Waals surface area contributed by atoms with Gasteiger partial charge < -0.3 is 32.5 Å². The summed E-state index contributed by atoms with van der Waals surface area (Å²) in [6.07, 6.45) is 1.78. The van der Waals surface area contributed by atoms with Crippen molar-refractivity contribution in [3.8, 4) is 0 Å². The molecule has 0 radical (unpaired) electrons. The van der Waals surface area contributed by atoms with Crippen LogP contribution >= 0.6 is 0 Å². The van der Waals surface area contributed by atoms with Crippen molar-refractivity contribution in [2.24, 2.45) is 22.2 Å². The Labute approximate surface area is 134 Å². The highest BCUT2D eigenvalue weighted by atomic mass is 16.4. The van der Waals surface area contributed by atoms with E-state index in [9.17, 15) is 19.5 Å². The van der Waals surface area contributed by atoms with Crippen LogP contribution in [0.15, 0.2) is 4.99 Å². The number of aliphatic carboxylic acids is 1. The van der Waals surface area contributed by atoms with Gasteiger partial charge in [-0.25, -0.2) is 4.79 Å². The second kappa shape index (κ2) is 8.93. The molecule has 2 amide bonds. The van der Waals surface area contributed by atoms with Gasteiger partial charge in [-0.3, -0.25) is 14.6 Å². The minimum Gasteiger partial charge on any atom is -0.480 e. The molecule has 0 aliphatic carbocycles. The maximum Gasteiger partial charge on any atom is 0.326 e. The number of likely N-dealkylation sites (tertiary alicyclic amines) is 1. The highest BCUT2D eigenvalue weighted by Gasteiger charge is 2.35. The van der Waals surface area contributed by atoms with Crippen LogP contribution in [0.3, 0.4) is 0 Å². The van der Waals surface area contributed by atoms with E-state index in [1.54, 1.807) is 0 Å². The average molecular weight is 328 g/mol.